The van der Waals surface area contributed by atoms with Gasteiger partial charge in [0.15, 0.2) is 5.96 Å². The predicted molar refractivity (Wildman–Crippen MR) is 107 cm³/mol. The first-order valence-electron chi connectivity index (χ1n) is 8.09. The number of aryl methyl sites for hydroxylation is 3. The summed E-state index contributed by atoms with van der Waals surface area (Å²) in [6, 6.07) is 8.75. The van der Waals surface area contributed by atoms with Crippen molar-refractivity contribution in [3.05, 3.63) is 51.0 Å². The van der Waals surface area contributed by atoms with E-state index in [1.54, 1.807) is 18.4 Å². The van der Waals surface area contributed by atoms with Crippen molar-refractivity contribution in [2.45, 2.75) is 33.1 Å². The van der Waals surface area contributed by atoms with Gasteiger partial charge >= 0.3 is 0 Å². The van der Waals surface area contributed by atoms with E-state index in [0.717, 1.165) is 41.3 Å². The summed E-state index contributed by atoms with van der Waals surface area (Å²) in [5.41, 5.74) is 3.80. The summed E-state index contributed by atoms with van der Waals surface area (Å²) in [5, 5.41) is 7.83. The van der Waals surface area contributed by atoms with E-state index in [-0.39, 0.29) is 0 Å². The average Bonchev–Trinajstić information content (AvgIpc) is 2.89. The Labute approximate surface area is 153 Å². The number of nitrogens with one attached hydrogen (secondary N) is 2. The zero-order valence-electron chi connectivity index (χ0n) is 14.8. The van der Waals surface area contributed by atoms with Crippen LogP contribution in [-0.2, 0) is 12.3 Å². The van der Waals surface area contributed by atoms with Gasteiger partial charge in [0.05, 0.1) is 17.2 Å². The van der Waals surface area contributed by atoms with Gasteiger partial charge < -0.3 is 10.6 Å². The number of aromatic nitrogens is 1. The summed E-state index contributed by atoms with van der Waals surface area (Å²) in [6.45, 7) is 7.89. The van der Waals surface area contributed by atoms with Crippen LogP contribution in [0.4, 0.5) is 0 Å². The van der Waals surface area contributed by atoms with Crippen molar-refractivity contribution in [3.63, 3.8) is 0 Å². The number of benzene rings is 1. The molecule has 0 saturated heterocycles. The summed E-state index contributed by atoms with van der Waals surface area (Å²) < 4.78 is 0. The third kappa shape index (κ3) is 6.17. The number of guanidine groups is 1. The van der Waals surface area contributed by atoms with Crippen molar-refractivity contribution in [3.8, 4) is 0 Å². The number of hydrogen-bond acceptors (Lipinski definition) is 4. The van der Waals surface area contributed by atoms with Gasteiger partial charge in [-0.05, 0) is 26.3 Å². The highest BCUT2D eigenvalue weighted by atomic mass is 32.2. The second-order valence-corrected chi connectivity index (χ2v) is 8.03. The molecule has 0 atom stereocenters. The quantitative estimate of drug-likeness (QED) is 0.448. The Morgan fingerprint density at radius 3 is 2.54 bits per heavy atom. The first kappa shape index (κ1) is 18.8. The second-order valence-electron chi connectivity index (χ2n) is 5.63. The Hall–Kier alpha value is -1.53. The highest BCUT2D eigenvalue weighted by molar-refractivity contribution is 7.98. The third-order valence-corrected chi connectivity index (χ3v) is 5.67. The molecule has 1 aromatic carbocycles. The van der Waals surface area contributed by atoms with E-state index < -0.39 is 0 Å². The molecule has 0 bridgehead atoms. The van der Waals surface area contributed by atoms with Gasteiger partial charge in [0.1, 0.15) is 0 Å². The van der Waals surface area contributed by atoms with Crippen molar-refractivity contribution in [1.29, 1.82) is 0 Å². The molecule has 1 aromatic heterocycles. The lowest BCUT2D eigenvalue weighted by Gasteiger charge is -2.11. The van der Waals surface area contributed by atoms with Crippen LogP contribution in [0.2, 0.25) is 0 Å². The molecule has 4 nitrogen and oxygen atoms in total. The van der Waals surface area contributed by atoms with Crippen molar-refractivity contribution in [2.75, 3.05) is 19.3 Å². The van der Waals surface area contributed by atoms with Crippen LogP contribution in [0.1, 0.15) is 26.7 Å². The van der Waals surface area contributed by atoms with Crippen LogP contribution < -0.4 is 10.6 Å². The van der Waals surface area contributed by atoms with Gasteiger partial charge in [-0.25, -0.2) is 4.98 Å². The third-order valence-electron chi connectivity index (χ3n) is 3.57. The number of thiazole rings is 1. The molecule has 0 aliphatic carbocycles. The highest BCUT2D eigenvalue weighted by Crippen LogP contribution is 2.16. The predicted octanol–water partition coefficient (Wildman–Crippen LogP) is 3.67. The highest BCUT2D eigenvalue weighted by Gasteiger charge is 2.05. The van der Waals surface area contributed by atoms with Crippen LogP contribution >= 0.6 is 23.1 Å². The average molecular weight is 363 g/mol. The fourth-order valence-corrected chi connectivity index (χ4v) is 3.93. The molecular weight excluding hydrogens is 336 g/mol. The molecule has 24 heavy (non-hydrogen) atoms. The molecule has 0 saturated carbocycles. The van der Waals surface area contributed by atoms with Crippen molar-refractivity contribution < 1.29 is 0 Å². The molecule has 0 aliphatic rings. The SMILES string of the molecule is CN=C(NCCSCc1ccc(C)cc1)NCc1sc(C)nc1C. The fraction of sp³-hybridized carbons (Fsp3) is 0.444. The number of hydrogen-bond donors (Lipinski definition) is 2. The minimum Gasteiger partial charge on any atom is -0.356 e. The number of nitrogens with zero attached hydrogens (tertiary/aromatic N) is 2. The summed E-state index contributed by atoms with van der Waals surface area (Å²) in [5.74, 6) is 2.94. The van der Waals surface area contributed by atoms with Crippen LogP contribution in [0.25, 0.3) is 0 Å². The minimum absolute atomic E-state index is 0.771. The van der Waals surface area contributed by atoms with Crippen molar-refractivity contribution in [2.24, 2.45) is 4.99 Å². The molecule has 6 heteroatoms. The summed E-state index contributed by atoms with van der Waals surface area (Å²) in [6.07, 6.45) is 0. The maximum absolute atomic E-state index is 4.45. The lowest BCUT2D eigenvalue weighted by atomic mass is 10.2. The monoisotopic (exact) mass is 362 g/mol. The van der Waals surface area contributed by atoms with Gasteiger partial charge in [0, 0.05) is 30.0 Å². The Morgan fingerprint density at radius 1 is 1.17 bits per heavy atom. The van der Waals surface area contributed by atoms with Gasteiger partial charge in [-0.15, -0.1) is 11.3 Å². The lowest BCUT2D eigenvalue weighted by molar-refractivity contribution is 0.835. The first-order valence-corrected chi connectivity index (χ1v) is 10.1. The topological polar surface area (TPSA) is 49.3 Å². The number of thioether (sulfide) groups is 1. The van der Waals surface area contributed by atoms with E-state index in [1.165, 1.54) is 16.0 Å². The summed E-state index contributed by atoms with van der Waals surface area (Å²) in [7, 11) is 1.81. The van der Waals surface area contributed by atoms with E-state index in [0.29, 0.717) is 0 Å². The van der Waals surface area contributed by atoms with Gasteiger partial charge in [-0.3, -0.25) is 4.99 Å². The van der Waals surface area contributed by atoms with E-state index in [4.69, 9.17) is 0 Å². The van der Waals surface area contributed by atoms with E-state index in [2.05, 4.69) is 58.7 Å². The van der Waals surface area contributed by atoms with Crippen LogP contribution in [0.3, 0.4) is 0 Å². The largest absolute Gasteiger partial charge is 0.356 e. The van der Waals surface area contributed by atoms with E-state index in [9.17, 15) is 0 Å². The molecule has 2 aromatic rings. The number of aliphatic imine (C=N–C) groups is 1. The zero-order valence-corrected chi connectivity index (χ0v) is 16.5. The zero-order chi connectivity index (χ0) is 17.4. The van der Waals surface area contributed by atoms with Crippen LogP contribution in [0.5, 0.6) is 0 Å². The molecular formula is C18H26N4S2. The van der Waals surface area contributed by atoms with Crippen LogP contribution in [0.15, 0.2) is 29.3 Å². The Balaban J connectivity index is 1.64. The molecule has 0 radical (unpaired) electrons. The van der Waals surface area contributed by atoms with Crippen LogP contribution in [-0.4, -0.2) is 30.3 Å². The van der Waals surface area contributed by atoms with Crippen molar-refractivity contribution in [1.82, 2.24) is 15.6 Å². The molecule has 0 fully saturated rings. The molecule has 2 N–H and O–H groups in total. The number of rotatable bonds is 7. The second kappa shape index (κ2) is 9.69. The van der Waals surface area contributed by atoms with E-state index >= 15 is 0 Å². The smallest absolute Gasteiger partial charge is 0.191 e. The Bertz CT molecular complexity index is 662. The summed E-state index contributed by atoms with van der Waals surface area (Å²) in [4.78, 5) is 9.99. The van der Waals surface area contributed by atoms with Crippen LogP contribution in [0, 0.1) is 20.8 Å². The van der Waals surface area contributed by atoms with Gasteiger partial charge in [-0.1, -0.05) is 29.8 Å². The molecule has 2 rings (SSSR count). The summed E-state index contributed by atoms with van der Waals surface area (Å²) >= 11 is 3.67. The fourth-order valence-electron chi connectivity index (χ4n) is 2.24. The van der Waals surface area contributed by atoms with Gasteiger partial charge in [-0.2, -0.15) is 11.8 Å². The Morgan fingerprint density at radius 2 is 1.92 bits per heavy atom. The maximum atomic E-state index is 4.45. The molecule has 0 unspecified atom stereocenters. The van der Waals surface area contributed by atoms with Gasteiger partial charge in [0.2, 0.25) is 0 Å². The standard InChI is InChI=1S/C18H26N4S2/c1-13-5-7-16(8-6-13)12-23-10-9-20-18(19-4)21-11-17-14(2)22-15(3)24-17/h5-8H,9-12H2,1-4H3,(H2,19,20,21). The Kier molecular flexibility index (Phi) is 7.59. The molecule has 0 amide bonds. The first-order chi connectivity index (χ1) is 11.6. The minimum atomic E-state index is 0.771. The molecule has 0 spiro atoms. The lowest BCUT2D eigenvalue weighted by Crippen LogP contribution is -2.37. The van der Waals surface area contributed by atoms with Crippen molar-refractivity contribution >= 4 is 29.1 Å². The molecule has 0 aliphatic heterocycles. The normalized spacial score (nSPS) is 11.6. The molecule has 130 valence electrons. The molecule has 1 heterocycles. The maximum Gasteiger partial charge on any atom is 0.191 e. The van der Waals surface area contributed by atoms with Gasteiger partial charge in [0.25, 0.3) is 0 Å². The van der Waals surface area contributed by atoms with E-state index in [1.807, 2.05) is 18.7 Å².